The molecule has 0 spiro atoms. The minimum absolute atomic E-state index is 0.0688. The van der Waals surface area contributed by atoms with Gasteiger partial charge in [0.2, 0.25) is 0 Å². The lowest BCUT2D eigenvalue weighted by molar-refractivity contribution is 0.253. The predicted molar refractivity (Wildman–Crippen MR) is 155 cm³/mol. The summed E-state index contributed by atoms with van der Waals surface area (Å²) in [4.78, 5) is 14.8. The summed E-state index contributed by atoms with van der Waals surface area (Å²) in [6, 6.07) is 24.9. The summed E-state index contributed by atoms with van der Waals surface area (Å²) in [5.74, 6) is 1.18. The van der Waals surface area contributed by atoms with E-state index in [0.29, 0.717) is 5.82 Å². The Balaban J connectivity index is 1.64. The van der Waals surface area contributed by atoms with Gasteiger partial charge in [-0.3, -0.25) is 4.57 Å². The molecule has 192 valence electrons. The van der Waals surface area contributed by atoms with E-state index in [1.165, 1.54) is 12.0 Å². The van der Waals surface area contributed by atoms with E-state index in [1.807, 2.05) is 30.3 Å². The van der Waals surface area contributed by atoms with Crippen LogP contribution in [0.5, 0.6) is 0 Å². The molecule has 1 aliphatic carbocycles. The van der Waals surface area contributed by atoms with E-state index < -0.39 is 0 Å². The summed E-state index contributed by atoms with van der Waals surface area (Å²) >= 11 is 0. The van der Waals surface area contributed by atoms with Crippen LogP contribution in [0.2, 0.25) is 0 Å². The fourth-order valence-corrected chi connectivity index (χ4v) is 5.39. The topological polar surface area (TPSA) is 95.6 Å². The molecule has 0 bridgehead atoms. The van der Waals surface area contributed by atoms with Gasteiger partial charge in [-0.1, -0.05) is 63.2 Å². The van der Waals surface area contributed by atoms with E-state index in [0.717, 1.165) is 64.3 Å². The predicted octanol–water partition coefficient (Wildman–Crippen LogP) is 6.66. The third-order valence-corrected chi connectivity index (χ3v) is 7.51. The molecule has 6 rings (SSSR count). The van der Waals surface area contributed by atoms with Gasteiger partial charge >= 0.3 is 0 Å². The molecule has 0 saturated heterocycles. The maximum Gasteiger partial charge on any atom is 0.165 e. The molecule has 1 saturated carbocycles. The van der Waals surface area contributed by atoms with Crippen LogP contribution < -0.4 is 11.5 Å². The molecule has 0 amide bonds. The monoisotopic (exact) mass is 502 g/mol. The molecule has 0 atom stereocenters. The molecule has 0 aliphatic heterocycles. The molecule has 5 aromatic rings. The highest BCUT2D eigenvalue weighted by molar-refractivity contribution is 5.87. The molecule has 38 heavy (non-hydrogen) atoms. The fourth-order valence-electron chi connectivity index (χ4n) is 5.39. The first-order valence-corrected chi connectivity index (χ1v) is 13.3. The third kappa shape index (κ3) is 4.35. The first kappa shape index (κ1) is 24.3. The Hall–Kier alpha value is -4.03. The molecule has 6 heteroatoms. The molecular weight excluding hydrogens is 468 g/mol. The SMILES string of the molecule is CC(C)(C)Cc1cc(-c2ccccc2)nc2c1nc(-c1cccnc1N)n2-c1ccc(C2(N)CCC2)cc1. The lowest BCUT2D eigenvalue weighted by atomic mass is 9.73. The van der Waals surface area contributed by atoms with Crippen LogP contribution in [0.25, 0.3) is 39.5 Å². The molecule has 1 aliphatic rings. The van der Waals surface area contributed by atoms with Crippen LogP contribution in [0.3, 0.4) is 0 Å². The second-order valence-corrected chi connectivity index (χ2v) is 11.7. The zero-order valence-electron chi connectivity index (χ0n) is 22.3. The average Bonchev–Trinajstić information content (AvgIpc) is 3.27. The zero-order valence-corrected chi connectivity index (χ0v) is 22.3. The van der Waals surface area contributed by atoms with Gasteiger partial charge in [0.25, 0.3) is 0 Å². The van der Waals surface area contributed by atoms with Crippen LogP contribution in [-0.2, 0) is 12.0 Å². The number of aromatic nitrogens is 4. The summed E-state index contributed by atoms with van der Waals surface area (Å²) in [5.41, 5.74) is 20.7. The van der Waals surface area contributed by atoms with Gasteiger partial charge in [0.1, 0.15) is 11.3 Å². The number of hydrogen-bond donors (Lipinski definition) is 2. The molecule has 1 fully saturated rings. The highest BCUT2D eigenvalue weighted by atomic mass is 15.1. The molecule has 3 heterocycles. The molecule has 0 unspecified atom stereocenters. The minimum Gasteiger partial charge on any atom is -0.383 e. The van der Waals surface area contributed by atoms with Crippen LogP contribution >= 0.6 is 0 Å². The van der Waals surface area contributed by atoms with Crippen molar-refractivity contribution in [2.24, 2.45) is 11.1 Å². The summed E-state index contributed by atoms with van der Waals surface area (Å²) in [6.45, 7) is 6.75. The number of benzene rings is 2. The van der Waals surface area contributed by atoms with E-state index in [9.17, 15) is 0 Å². The van der Waals surface area contributed by atoms with Gasteiger partial charge in [0.05, 0.1) is 11.3 Å². The summed E-state index contributed by atoms with van der Waals surface area (Å²) in [5, 5.41) is 0. The smallest absolute Gasteiger partial charge is 0.165 e. The van der Waals surface area contributed by atoms with Gasteiger partial charge in [0, 0.05) is 23.0 Å². The molecule has 4 N–H and O–H groups in total. The summed E-state index contributed by atoms with van der Waals surface area (Å²) < 4.78 is 2.12. The maximum atomic E-state index is 6.63. The number of anilines is 1. The van der Waals surface area contributed by atoms with Crippen molar-refractivity contribution in [1.29, 1.82) is 0 Å². The normalized spacial score (nSPS) is 14.9. The first-order valence-electron chi connectivity index (χ1n) is 13.3. The van der Waals surface area contributed by atoms with Crippen LogP contribution in [0.15, 0.2) is 79.0 Å². The van der Waals surface area contributed by atoms with Gasteiger partial charge in [-0.15, -0.1) is 0 Å². The number of fused-ring (bicyclic) bond motifs is 1. The fraction of sp³-hybridized carbons (Fsp3) is 0.281. The Labute approximate surface area is 223 Å². The van der Waals surface area contributed by atoms with Crippen LogP contribution in [-0.4, -0.2) is 19.5 Å². The number of nitrogens with two attached hydrogens (primary N) is 2. The van der Waals surface area contributed by atoms with E-state index in [4.69, 9.17) is 21.4 Å². The number of nitrogen functional groups attached to an aromatic ring is 1. The van der Waals surface area contributed by atoms with Crippen molar-refractivity contribution in [2.45, 2.75) is 52.0 Å². The van der Waals surface area contributed by atoms with E-state index in [1.54, 1.807) is 6.20 Å². The van der Waals surface area contributed by atoms with Crippen molar-refractivity contribution in [3.05, 3.63) is 90.1 Å². The number of hydrogen-bond acceptors (Lipinski definition) is 5. The van der Waals surface area contributed by atoms with Gasteiger partial charge in [-0.05, 0) is 72.6 Å². The number of pyridine rings is 2. The number of rotatable bonds is 5. The highest BCUT2D eigenvalue weighted by Gasteiger charge is 2.34. The van der Waals surface area contributed by atoms with Gasteiger partial charge in [0.15, 0.2) is 11.5 Å². The average molecular weight is 503 g/mol. The quantitative estimate of drug-likeness (QED) is 0.280. The lowest BCUT2D eigenvalue weighted by Gasteiger charge is -2.38. The van der Waals surface area contributed by atoms with Crippen molar-refractivity contribution in [3.63, 3.8) is 0 Å². The standard InChI is InChI=1S/C32H34N6/c1-31(2,3)20-22-19-26(21-9-5-4-6-10-21)36-30-27(22)37-29(25-11-7-18-35-28(25)33)38(30)24-14-12-23(13-15-24)32(34)16-8-17-32/h4-7,9-15,18-19H,8,16-17,20,34H2,1-3H3,(H2,33,35). The summed E-state index contributed by atoms with van der Waals surface area (Å²) in [6.07, 6.45) is 5.79. The number of nitrogens with zero attached hydrogens (tertiary/aromatic N) is 4. The van der Waals surface area contributed by atoms with E-state index in [-0.39, 0.29) is 11.0 Å². The van der Waals surface area contributed by atoms with Gasteiger partial charge < -0.3 is 11.5 Å². The molecule has 3 aromatic heterocycles. The Bertz CT molecular complexity index is 1610. The molecule has 2 aromatic carbocycles. The number of imidazole rings is 1. The van der Waals surface area contributed by atoms with E-state index in [2.05, 4.69) is 72.8 Å². The maximum absolute atomic E-state index is 6.63. The second-order valence-electron chi connectivity index (χ2n) is 11.7. The van der Waals surface area contributed by atoms with Gasteiger partial charge in [-0.2, -0.15) is 0 Å². The van der Waals surface area contributed by atoms with Crippen molar-refractivity contribution in [2.75, 3.05) is 5.73 Å². The molecular formula is C32H34N6. The van der Waals surface area contributed by atoms with Crippen LogP contribution in [0, 0.1) is 5.41 Å². The Kier molecular flexibility index (Phi) is 5.80. The van der Waals surface area contributed by atoms with Crippen molar-refractivity contribution < 1.29 is 0 Å². The summed E-state index contributed by atoms with van der Waals surface area (Å²) in [7, 11) is 0. The minimum atomic E-state index is -0.218. The Morgan fingerprint density at radius 3 is 2.29 bits per heavy atom. The van der Waals surface area contributed by atoms with Crippen LogP contribution in [0.1, 0.15) is 51.2 Å². The van der Waals surface area contributed by atoms with Crippen molar-refractivity contribution in [1.82, 2.24) is 19.5 Å². The Morgan fingerprint density at radius 1 is 0.921 bits per heavy atom. The lowest BCUT2D eigenvalue weighted by Crippen LogP contribution is -2.43. The van der Waals surface area contributed by atoms with Crippen molar-refractivity contribution >= 4 is 17.0 Å². The largest absolute Gasteiger partial charge is 0.383 e. The van der Waals surface area contributed by atoms with Crippen LogP contribution in [0.4, 0.5) is 5.82 Å². The zero-order chi connectivity index (χ0) is 26.5. The van der Waals surface area contributed by atoms with Crippen molar-refractivity contribution in [3.8, 4) is 28.3 Å². The second kappa shape index (κ2) is 9.07. The highest BCUT2D eigenvalue weighted by Crippen LogP contribution is 2.40. The molecule has 0 radical (unpaired) electrons. The third-order valence-electron chi connectivity index (χ3n) is 7.51. The Morgan fingerprint density at radius 2 is 1.66 bits per heavy atom. The first-order chi connectivity index (χ1) is 18.2. The molecule has 6 nitrogen and oxygen atoms in total. The van der Waals surface area contributed by atoms with E-state index >= 15 is 0 Å². The van der Waals surface area contributed by atoms with Gasteiger partial charge in [-0.25, -0.2) is 15.0 Å².